The van der Waals surface area contributed by atoms with Crippen molar-refractivity contribution < 1.29 is 24.2 Å². The van der Waals surface area contributed by atoms with Gasteiger partial charge in [0.05, 0.1) is 10.1 Å². The molecule has 1 aromatic heterocycles. The van der Waals surface area contributed by atoms with Gasteiger partial charge in [0.25, 0.3) is 0 Å². The number of carboxylic acid groups (broad SMARTS) is 1. The molecule has 9 heteroatoms. The Bertz CT molecular complexity index is 1370. The van der Waals surface area contributed by atoms with Crippen LogP contribution in [0.15, 0.2) is 79.0 Å². The Hall–Kier alpha value is -3.57. The van der Waals surface area contributed by atoms with Crippen molar-refractivity contribution >= 4 is 52.3 Å². The maximum absolute atomic E-state index is 13.4. The number of amides is 1. The van der Waals surface area contributed by atoms with E-state index >= 15 is 0 Å². The van der Waals surface area contributed by atoms with E-state index in [0.29, 0.717) is 29.1 Å². The van der Waals surface area contributed by atoms with Crippen molar-refractivity contribution in [3.05, 3.63) is 101 Å². The third kappa shape index (κ3) is 7.54. The highest BCUT2D eigenvalue weighted by atomic mass is 127. The average Bonchev–Trinajstić information content (AvgIpc) is 3.27. The number of anilines is 1. The summed E-state index contributed by atoms with van der Waals surface area (Å²) in [4.78, 5) is 45.4. The molecule has 8 nitrogen and oxygen atoms in total. The molecule has 2 atom stereocenters. The molecule has 1 fully saturated rings. The van der Waals surface area contributed by atoms with Crippen LogP contribution in [0.3, 0.4) is 0 Å². The summed E-state index contributed by atoms with van der Waals surface area (Å²) in [6.07, 6.45) is 4.28. The maximum Gasteiger partial charge on any atom is 0.416 e. The molecule has 1 saturated heterocycles. The molecule has 0 saturated carbocycles. The minimum atomic E-state index is -1.05. The first-order valence-corrected chi connectivity index (χ1v) is 14.2. The van der Waals surface area contributed by atoms with Crippen LogP contribution in [-0.4, -0.2) is 55.1 Å². The monoisotopic (exact) mass is 653 g/mol. The number of nitrogens with zero attached hydrogens (tertiary/aromatic N) is 3. The number of rotatable bonds is 8. The summed E-state index contributed by atoms with van der Waals surface area (Å²) in [5.74, 6) is -0.611. The van der Waals surface area contributed by atoms with E-state index in [9.17, 15) is 14.4 Å². The third-order valence-electron chi connectivity index (χ3n) is 6.37. The minimum absolute atomic E-state index is 0.00914. The summed E-state index contributed by atoms with van der Waals surface area (Å²) in [6, 6.07) is 20.1. The number of ether oxygens (including phenoxy) is 1. The molecule has 2 aromatic carbocycles. The first-order chi connectivity index (χ1) is 19.0. The van der Waals surface area contributed by atoms with Crippen molar-refractivity contribution in [2.24, 2.45) is 0 Å². The minimum Gasteiger partial charge on any atom is -0.478 e. The Labute approximate surface area is 247 Å². The largest absolute Gasteiger partial charge is 0.478 e. The van der Waals surface area contributed by atoms with Crippen molar-refractivity contribution in [1.82, 2.24) is 9.88 Å². The van der Waals surface area contributed by atoms with E-state index < -0.39 is 17.7 Å². The normalized spacial score (nSPS) is 17.6. The van der Waals surface area contributed by atoms with Gasteiger partial charge in [-0.3, -0.25) is 14.6 Å². The lowest BCUT2D eigenvalue weighted by Gasteiger charge is -2.33. The molecule has 0 radical (unpaired) electrons. The van der Waals surface area contributed by atoms with Gasteiger partial charge in [-0.25, -0.2) is 14.6 Å². The Morgan fingerprint density at radius 2 is 1.73 bits per heavy atom. The van der Waals surface area contributed by atoms with E-state index in [1.165, 1.54) is 6.08 Å². The number of likely N-dealkylation sites (tertiary alicyclic amines) is 1. The quantitative estimate of drug-likeness (QED) is 0.102. The van der Waals surface area contributed by atoms with Crippen molar-refractivity contribution in [1.29, 1.82) is 0 Å². The molecule has 1 N–H and O–H groups in total. The van der Waals surface area contributed by atoms with Gasteiger partial charge in [-0.15, -0.1) is 0 Å². The van der Waals surface area contributed by atoms with Crippen molar-refractivity contribution in [3.63, 3.8) is 0 Å². The number of alkyl halides is 1. The molecule has 4 rings (SSSR count). The second kappa shape index (κ2) is 12.7. The lowest BCUT2D eigenvalue weighted by atomic mass is 10.0. The molecule has 2 heterocycles. The van der Waals surface area contributed by atoms with Gasteiger partial charge in [-0.2, -0.15) is 0 Å². The predicted octanol–water partition coefficient (Wildman–Crippen LogP) is 6.19. The third-order valence-corrected chi connectivity index (χ3v) is 7.99. The van der Waals surface area contributed by atoms with E-state index in [-0.39, 0.29) is 15.9 Å². The number of aliphatic carboxylic acids is 1. The lowest BCUT2D eigenvalue weighted by Crippen LogP contribution is -2.48. The zero-order valence-electron chi connectivity index (χ0n) is 22.7. The number of pyridine rings is 1. The predicted molar refractivity (Wildman–Crippen MR) is 163 cm³/mol. The van der Waals surface area contributed by atoms with Gasteiger partial charge in [-0.1, -0.05) is 77.2 Å². The van der Waals surface area contributed by atoms with E-state index in [4.69, 9.17) is 9.84 Å². The van der Waals surface area contributed by atoms with E-state index in [0.717, 1.165) is 24.6 Å². The Balaban J connectivity index is 1.50. The first kappa shape index (κ1) is 29.4. The molecule has 1 aliphatic heterocycles. The van der Waals surface area contributed by atoms with Gasteiger partial charge in [0, 0.05) is 36.5 Å². The number of halogens is 1. The maximum atomic E-state index is 13.4. The molecular weight excluding hydrogens is 621 g/mol. The van der Waals surface area contributed by atoms with Gasteiger partial charge in [-0.05, 0) is 56.5 Å². The fraction of sp³-hybridized carbons (Fsp3) is 0.290. The van der Waals surface area contributed by atoms with Crippen LogP contribution in [0.5, 0.6) is 0 Å². The summed E-state index contributed by atoms with van der Waals surface area (Å²) in [7, 11) is 0. The van der Waals surface area contributed by atoms with Crippen LogP contribution in [-0.2, 0) is 16.1 Å². The van der Waals surface area contributed by atoms with E-state index in [1.807, 2.05) is 75.4 Å². The van der Waals surface area contributed by atoms with Crippen LogP contribution < -0.4 is 4.90 Å². The van der Waals surface area contributed by atoms with Crippen LogP contribution in [0.25, 0.3) is 6.08 Å². The van der Waals surface area contributed by atoms with Crippen molar-refractivity contribution in [2.75, 3.05) is 11.4 Å². The second-order valence-electron chi connectivity index (χ2n) is 10.6. The van der Waals surface area contributed by atoms with Gasteiger partial charge in [0.1, 0.15) is 11.4 Å². The number of benzene rings is 2. The van der Waals surface area contributed by atoms with Gasteiger partial charge < -0.3 is 9.84 Å². The Morgan fingerprint density at radius 1 is 1.05 bits per heavy atom. The van der Waals surface area contributed by atoms with Crippen LogP contribution >= 0.6 is 22.6 Å². The molecule has 3 aromatic rings. The van der Waals surface area contributed by atoms with Gasteiger partial charge in [0.15, 0.2) is 5.78 Å². The van der Waals surface area contributed by atoms with E-state index in [1.54, 1.807) is 23.2 Å². The summed E-state index contributed by atoms with van der Waals surface area (Å²) in [6.45, 7) is 6.90. The highest BCUT2D eigenvalue weighted by molar-refractivity contribution is 14.1. The number of carboxylic acids is 1. The number of ketones is 1. The van der Waals surface area contributed by atoms with Crippen LogP contribution in [0.4, 0.5) is 10.6 Å². The average molecular weight is 654 g/mol. The van der Waals surface area contributed by atoms with Crippen LogP contribution in [0, 0.1) is 0 Å². The summed E-state index contributed by atoms with van der Waals surface area (Å²) < 4.78 is 5.73. The molecule has 0 spiro atoms. The molecule has 1 unspecified atom stereocenters. The van der Waals surface area contributed by atoms with E-state index in [2.05, 4.69) is 32.5 Å². The molecule has 0 aliphatic carbocycles. The second-order valence-corrected chi connectivity index (χ2v) is 11.8. The standard InChI is InChI=1S/C31H32IN3O5/c1-31(2,3)40-30(39)35(26-15-11-21(19-33-26)12-16-27(36)37)25-17-18-34(29(25)32)20-22-9-13-24(14-10-22)28(38)23-7-5-4-6-8-23/h4-16,19,25,29H,17-18,20H2,1-3H3,(H,36,37)/t25-,29?/m1/s1. The van der Waals surface area contributed by atoms with Crippen molar-refractivity contribution in [3.8, 4) is 0 Å². The molecule has 1 amide bonds. The number of carbonyl (C=O) groups is 3. The van der Waals surface area contributed by atoms with Crippen LogP contribution in [0.2, 0.25) is 0 Å². The molecule has 0 bridgehead atoms. The topological polar surface area (TPSA) is 100 Å². The summed E-state index contributed by atoms with van der Waals surface area (Å²) >= 11 is 2.37. The molecular formula is C31H32IN3O5. The summed E-state index contributed by atoms with van der Waals surface area (Å²) in [5.41, 5.74) is 2.31. The molecule has 40 heavy (non-hydrogen) atoms. The summed E-state index contributed by atoms with van der Waals surface area (Å²) in [5, 5.41) is 8.89. The number of hydrogen-bond acceptors (Lipinski definition) is 6. The van der Waals surface area contributed by atoms with Gasteiger partial charge in [0.2, 0.25) is 0 Å². The van der Waals surface area contributed by atoms with Crippen molar-refractivity contribution in [2.45, 2.75) is 49.4 Å². The Morgan fingerprint density at radius 3 is 2.33 bits per heavy atom. The van der Waals surface area contributed by atoms with Crippen LogP contribution in [0.1, 0.15) is 54.2 Å². The number of aromatic nitrogens is 1. The zero-order valence-corrected chi connectivity index (χ0v) is 24.8. The van der Waals surface area contributed by atoms with Gasteiger partial charge >= 0.3 is 12.1 Å². The number of hydrogen-bond donors (Lipinski definition) is 1. The lowest BCUT2D eigenvalue weighted by molar-refractivity contribution is -0.131. The highest BCUT2D eigenvalue weighted by Crippen LogP contribution is 2.33. The zero-order chi connectivity index (χ0) is 28.9. The fourth-order valence-corrected chi connectivity index (χ4v) is 5.65. The SMILES string of the molecule is CC(C)(C)OC(=O)N(c1ccc(C=CC(=O)O)cn1)[C@@H]1CCN(Cc2ccc(C(=O)c3ccccc3)cc2)C1I. The molecule has 208 valence electrons. The Kier molecular flexibility index (Phi) is 9.36. The first-order valence-electron chi connectivity index (χ1n) is 13.0. The smallest absolute Gasteiger partial charge is 0.416 e. The number of carbonyl (C=O) groups excluding carboxylic acids is 2. The highest BCUT2D eigenvalue weighted by Gasteiger charge is 2.41. The molecule has 1 aliphatic rings. The fourth-order valence-electron chi connectivity index (χ4n) is 4.49.